The minimum Gasteiger partial charge on any atom is -0.395 e. The number of rotatable bonds is 6. The van der Waals surface area contributed by atoms with Crippen LogP contribution in [-0.4, -0.2) is 27.9 Å². The Morgan fingerprint density at radius 2 is 1.88 bits per heavy atom. The van der Waals surface area contributed by atoms with Gasteiger partial charge in [-0.2, -0.15) is 18.2 Å². The van der Waals surface area contributed by atoms with Crippen LogP contribution in [0.25, 0.3) is 12.2 Å². The van der Waals surface area contributed by atoms with Gasteiger partial charge in [-0.3, -0.25) is 0 Å². The Labute approximate surface area is 149 Å². The average molecular weight is 378 g/mol. The van der Waals surface area contributed by atoms with Gasteiger partial charge in [-0.05, 0) is 29.7 Å². The lowest BCUT2D eigenvalue weighted by molar-refractivity contribution is -0.137. The maximum Gasteiger partial charge on any atom is 0.416 e. The maximum absolute atomic E-state index is 12.5. The van der Waals surface area contributed by atoms with E-state index in [-0.39, 0.29) is 36.9 Å². The zero-order valence-corrected chi connectivity index (χ0v) is 14.2. The molecule has 0 saturated heterocycles. The molecule has 2 unspecified atom stereocenters. The molecule has 2 rings (SSSR count). The quantitative estimate of drug-likeness (QED) is 0.807. The predicted octanol–water partition coefficient (Wildman–Crippen LogP) is 3.18. The minimum atomic E-state index is -4.35. The van der Waals surface area contributed by atoms with Crippen LogP contribution in [0.1, 0.15) is 29.8 Å². The average Bonchev–Trinajstić information content (AvgIpc) is 2.99. The second-order valence-electron chi connectivity index (χ2n) is 5.53. The molecule has 0 saturated carbocycles. The highest BCUT2D eigenvalue weighted by Crippen LogP contribution is 2.29. The SMILES string of the molecule is CC(Cc1noc(C=Cc2ccc(C(F)(F)F)cc2)n1)C(N)CO.Cl. The summed E-state index contributed by atoms with van der Waals surface area (Å²) in [6.45, 7) is 1.74. The van der Waals surface area contributed by atoms with E-state index in [1.165, 1.54) is 18.2 Å². The van der Waals surface area contributed by atoms with Gasteiger partial charge in [0.25, 0.3) is 5.89 Å². The van der Waals surface area contributed by atoms with Crippen molar-refractivity contribution in [3.8, 4) is 0 Å². The maximum atomic E-state index is 12.5. The van der Waals surface area contributed by atoms with E-state index < -0.39 is 11.7 Å². The monoisotopic (exact) mass is 377 g/mol. The van der Waals surface area contributed by atoms with E-state index in [9.17, 15) is 13.2 Å². The van der Waals surface area contributed by atoms with E-state index in [0.29, 0.717) is 17.8 Å². The second-order valence-corrected chi connectivity index (χ2v) is 5.53. The van der Waals surface area contributed by atoms with Gasteiger partial charge in [0.2, 0.25) is 0 Å². The van der Waals surface area contributed by atoms with Crippen LogP contribution in [0.15, 0.2) is 28.8 Å². The van der Waals surface area contributed by atoms with E-state index in [0.717, 1.165) is 12.1 Å². The number of aliphatic hydroxyl groups excluding tert-OH is 1. The van der Waals surface area contributed by atoms with Crippen LogP contribution in [0.5, 0.6) is 0 Å². The third-order valence-electron chi connectivity index (χ3n) is 3.59. The number of hydrogen-bond donors (Lipinski definition) is 2. The highest BCUT2D eigenvalue weighted by atomic mass is 35.5. The number of alkyl halides is 3. The van der Waals surface area contributed by atoms with Crippen LogP contribution in [0.4, 0.5) is 13.2 Å². The molecular weight excluding hydrogens is 359 g/mol. The van der Waals surface area contributed by atoms with Crippen molar-refractivity contribution in [3.63, 3.8) is 0 Å². The van der Waals surface area contributed by atoms with E-state index in [4.69, 9.17) is 15.4 Å². The third-order valence-corrected chi connectivity index (χ3v) is 3.59. The van der Waals surface area contributed by atoms with Crippen molar-refractivity contribution in [2.24, 2.45) is 11.7 Å². The first kappa shape index (κ1) is 21.1. The van der Waals surface area contributed by atoms with Gasteiger partial charge >= 0.3 is 6.18 Å². The van der Waals surface area contributed by atoms with Crippen molar-refractivity contribution in [2.45, 2.75) is 25.6 Å². The molecule has 3 N–H and O–H groups in total. The van der Waals surface area contributed by atoms with Crippen molar-refractivity contribution < 1.29 is 22.8 Å². The van der Waals surface area contributed by atoms with Gasteiger partial charge in [0, 0.05) is 18.5 Å². The van der Waals surface area contributed by atoms with Crippen molar-refractivity contribution in [1.29, 1.82) is 0 Å². The van der Waals surface area contributed by atoms with Crippen LogP contribution < -0.4 is 5.73 Å². The van der Waals surface area contributed by atoms with Gasteiger partial charge in [0.05, 0.1) is 12.2 Å². The predicted molar refractivity (Wildman–Crippen MR) is 89.8 cm³/mol. The Morgan fingerprint density at radius 3 is 2.44 bits per heavy atom. The lowest BCUT2D eigenvalue weighted by Gasteiger charge is -2.14. The molecule has 0 aliphatic rings. The Balaban J connectivity index is 0.00000312. The molecule has 0 amide bonds. The molecule has 25 heavy (non-hydrogen) atoms. The molecule has 0 aliphatic carbocycles. The Hall–Kier alpha value is -1.90. The first-order valence-electron chi connectivity index (χ1n) is 7.34. The molecule has 0 aliphatic heterocycles. The first-order valence-corrected chi connectivity index (χ1v) is 7.34. The molecule has 5 nitrogen and oxygen atoms in total. The van der Waals surface area contributed by atoms with Crippen LogP contribution in [0.3, 0.4) is 0 Å². The summed E-state index contributed by atoms with van der Waals surface area (Å²) in [6.07, 6.45) is -0.787. The summed E-state index contributed by atoms with van der Waals surface area (Å²) < 4.78 is 42.5. The fourth-order valence-electron chi connectivity index (χ4n) is 1.99. The standard InChI is InChI=1S/C16H18F3N3O2.ClH/c1-10(13(20)9-23)8-14-21-15(24-22-14)7-4-11-2-5-12(6-3-11)16(17,18)19;/h2-7,10,13,23H,8-9,20H2,1H3;1H. The summed E-state index contributed by atoms with van der Waals surface area (Å²) in [5, 5.41) is 12.8. The van der Waals surface area contributed by atoms with Crippen molar-refractivity contribution in [2.75, 3.05) is 6.61 Å². The van der Waals surface area contributed by atoms with Gasteiger partial charge in [0.15, 0.2) is 5.82 Å². The summed E-state index contributed by atoms with van der Waals surface area (Å²) in [7, 11) is 0. The Morgan fingerprint density at radius 1 is 1.24 bits per heavy atom. The zero-order chi connectivity index (χ0) is 17.7. The summed E-state index contributed by atoms with van der Waals surface area (Å²) in [5.74, 6) is 0.687. The Bertz CT molecular complexity index is 687. The first-order chi connectivity index (χ1) is 11.3. The highest BCUT2D eigenvalue weighted by molar-refractivity contribution is 5.85. The molecule has 1 aromatic heterocycles. The molecule has 0 bridgehead atoms. The number of benzene rings is 1. The normalized spacial score (nSPS) is 14.3. The molecule has 0 fully saturated rings. The molecule has 0 radical (unpaired) electrons. The van der Waals surface area contributed by atoms with E-state index in [1.54, 1.807) is 6.08 Å². The zero-order valence-electron chi connectivity index (χ0n) is 13.4. The Kier molecular flexibility index (Phi) is 7.60. The van der Waals surface area contributed by atoms with Gasteiger partial charge in [-0.25, -0.2) is 0 Å². The third kappa shape index (κ3) is 6.15. The number of hydrogen-bond acceptors (Lipinski definition) is 5. The van der Waals surface area contributed by atoms with E-state index in [1.807, 2.05) is 6.92 Å². The minimum absolute atomic E-state index is 0. The second kappa shape index (κ2) is 8.98. The number of nitrogens with zero attached hydrogens (tertiary/aromatic N) is 2. The fourth-order valence-corrected chi connectivity index (χ4v) is 1.99. The van der Waals surface area contributed by atoms with Crippen LogP contribution >= 0.6 is 12.4 Å². The van der Waals surface area contributed by atoms with Crippen LogP contribution in [0, 0.1) is 5.92 Å². The van der Waals surface area contributed by atoms with Crippen molar-refractivity contribution >= 4 is 24.6 Å². The highest BCUT2D eigenvalue weighted by Gasteiger charge is 2.29. The summed E-state index contributed by atoms with van der Waals surface area (Å²) in [5.41, 5.74) is 5.60. The number of aromatic nitrogens is 2. The van der Waals surface area contributed by atoms with Crippen LogP contribution in [0.2, 0.25) is 0 Å². The smallest absolute Gasteiger partial charge is 0.395 e. The summed E-state index contributed by atoms with van der Waals surface area (Å²) in [4.78, 5) is 4.16. The summed E-state index contributed by atoms with van der Waals surface area (Å²) >= 11 is 0. The number of halogens is 4. The fraction of sp³-hybridized carbons (Fsp3) is 0.375. The number of aliphatic hydroxyl groups is 1. The largest absolute Gasteiger partial charge is 0.416 e. The molecule has 9 heteroatoms. The molecule has 138 valence electrons. The van der Waals surface area contributed by atoms with Gasteiger partial charge in [-0.1, -0.05) is 24.2 Å². The lowest BCUT2D eigenvalue weighted by Crippen LogP contribution is -2.33. The molecular formula is C16H19ClF3N3O2. The number of nitrogens with two attached hydrogens (primary N) is 1. The van der Waals surface area contributed by atoms with Crippen molar-refractivity contribution in [1.82, 2.24) is 10.1 Å². The lowest BCUT2D eigenvalue weighted by atomic mass is 10.00. The van der Waals surface area contributed by atoms with Gasteiger partial charge < -0.3 is 15.4 Å². The van der Waals surface area contributed by atoms with Crippen molar-refractivity contribution in [3.05, 3.63) is 47.1 Å². The molecule has 0 spiro atoms. The van der Waals surface area contributed by atoms with E-state index in [2.05, 4.69) is 10.1 Å². The topological polar surface area (TPSA) is 85.2 Å². The molecule has 1 aromatic carbocycles. The van der Waals surface area contributed by atoms with Gasteiger partial charge in [-0.15, -0.1) is 12.4 Å². The molecule has 1 heterocycles. The van der Waals surface area contributed by atoms with Crippen LogP contribution in [-0.2, 0) is 12.6 Å². The molecule has 2 atom stereocenters. The summed E-state index contributed by atoms with van der Waals surface area (Å²) in [6, 6.07) is 4.38. The van der Waals surface area contributed by atoms with E-state index >= 15 is 0 Å². The molecule has 2 aromatic rings. The van der Waals surface area contributed by atoms with Gasteiger partial charge in [0.1, 0.15) is 0 Å².